The Balaban J connectivity index is 2.03. The first-order chi connectivity index (χ1) is 9.70. The van der Waals surface area contributed by atoms with Gasteiger partial charge in [-0.2, -0.15) is 0 Å². The van der Waals surface area contributed by atoms with E-state index in [-0.39, 0.29) is 5.91 Å². The van der Waals surface area contributed by atoms with Crippen LogP contribution in [0.5, 0.6) is 0 Å². The van der Waals surface area contributed by atoms with Gasteiger partial charge in [0, 0.05) is 26.3 Å². The Hall–Kier alpha value is -2.36. The Labute approximate surface area is 119 Å². The Morgan fingerprint density at radius 2 is 1.95 bits per heavy atom. The number of pyridine rings is 1. The number of nitrogens with one attached hydrogen (secondary N) is 1. The van der Waals surface area contributed by atoms with Gasteiger partial charge in [-0.05, 0) is 24.6 Å². The average molecular weight is 269 g/mol. The summed E-state index contributed by atoms with van der Waals surface area (Å²) < 4.78 is 0. The molecule has 1 amide bonds. The molecule has 2 rings (SSSR count). The average Bonchev–Trinajstić information content (AvgIpc) is 2.48. The largest absolute Gasteiger partial charge is 0.370 e. The van der Waals surface area contributed by atoms with Gasteiger partial charge in [-0.3, -0.25) is 4.79 Å². The minimum absolute atomic E-state index is 0.0237. The lowest BCUT2D eigenvalue weighted by Gasteiger charge is -2.17. The zero-order valence-electron chi connectivity index (χ0n) is 11.8. The number of benzene rings is 1. The number of rotatable bonds is 5. The highest BCUT2D eigenvalue weighted by molar-refractivity contribution is 5.93. The molecule has 0 spiro atoms. The highest BCUT2D eigenvalue weighted by atomic mass is 16.2. The lowest BCUT2D eigenvalue weighted by Crippen LogP contribution is -2.26. The van der Waals surface area contributed by atoms with Crippen molar-refractivity contribution in [3.05, 3.63) is 59.8 Å². The third kappa shape index (κ3) is 3.57. The topological polar surface area (TPSA) is 45.2 Å². The van der Waals surface area contributed by atoms with Crippen molar-refractivity contribution < 1.29 is 4.79 Å². The summed E-state index contributed by atoms with van der Waals surface area (Å²) in [5.74, 6) is 0.763. The first-order valence-corrected chi connectivity index (χ1v) is 6.70. The number of nitrogens with zero attached hydrogens (tertiary/aromatic N) is 2. The van der Waals surface area contributed by atoms with Crippen molar-refractivity contribution in [2.75, 3.05) is 18.9 Å². The molecule has 1 heterocycles. The molecule has 20 heavy (non-hydrogen) atoms. The maximum Gasteiger partial charge on any atom is 0.255 e. The molecule has 1 aromatic heterocycles. The van der Waals surface area contributed by atoms with E-state index >= 15 is 0 Å². The number of amides is 1. The second kappa shape index (κ2) is 6.70. The smallest absolute Gasteiger partial charge is 0.255 e. The molecule has 0 aliphatic rings. The SMILES string of the molecule is CCNc1ccc(C(=O)N(C)Cc2ccccc2)cn1. The Bertz CT molecular complexity index is 552. The number of carbonyl (C=O) groups excluding carboxylic acids is 1. The van der Waals surface area contributed by atoms with Crippen LogP contribution in [0, 0.1) is 0 Å². The molecule has 0 bridgehead atoms. The molecule has 0 radical (unpaired) electrons. The third-order valence-corrected chi connectivity index (χ3v) is 2.98. The van der Waals surface area contributed by atoms with Gasteiger partial charge in [0.05, 0.1) is 5.56 Å². The summed E-state index contributed by atoms with van der Waals surface area (Å²) in [5.41, 5.74) is 1.71. The Kier molecular flexibility index (Phi) is 4.71. The first kappa shape index (κ1) is 14.1. The molecule has 104 valence electrons. The third-order valence-electron chi connectivity index (χ3n) is 2.98. The molecule has 0 fully saturated rings. The van der Waals surface area contributed by atoms with Crippen LogP contribution in [0.15, 0.2) is 48.7 Å². The molecule has 0 unspecified atom stereocenters. The molecule has 4 nitrogen and oxygen atoms in total. The predicted octanol–water partition coefficient (Wildman–Crippen LogP) is 2.79. The number of aromatic nitrogens is 1. The van der Waals surface area contributed by atoms with Gasteiger partial charge in [-0.25, -0.2) is 4.98 Å². The fraction of sp³-hybridized carbons (Fsp3) is 0.250. The summed E-state index contributed by atoms with van der Waals surface area (Å²) in [5, 5.41) is 3.11. The zero-order valence-corrected chi connectivity index (χ0v) is 11.8. The minimum atomic E-state index is -0.0237. The molecule has 0 atom stereocenters. The Morgan fingerprint density at radius 3 is 2.55 bits per heavy atom. The van der Waals surface area contributed by atoms with Crippen LogP contribution in [0.4, 0.5) is 5.82 Å². The van der Waals surface area contributed by atoms with Crippen LogP contribution >= 0.6 is 0 Å². The quantitative estimate of drug-likeness (QED) is 0.907. The molecular formula is C16H19N3O. The van der Waals surface area contributed by atoms with E-state index in [9.17, 15) is 4.79 Å². The molecule has 0 saturated heterocycles. The van der Waals surface area contributed by atoms with E-state index in [1.165, 1.54) is 0 Å². The lowest BCUT2D eigenvalue weighted by molar-refractivity contribution is 0.0784. The van der Waals surface area contributed by atoms with E-state index in [1.54, 1.807) is 24.2 Å². The van der Waals surface area contributed by atoms with Crippen LogP contribution in [-0.2, 0) is 6.54 Å². The molecule has 0 saturated carbocycles. The summed E-state index contributed by atoms with van der Waals surface area (Å²) in [6.45, 7) is 3.41. The van der Waals surface area contributed by atoms with Crippen LogP contribution < -0.4 is 5.32 Å². The van der Waals surface area contributed by atoms with Gasteiger partial charge in [0.2, 0.25) is 0 Å². The minimum Gasteiger partial charge on any atom is -0.370 e. The summed E-state index contributed by atoms with van der Waals surface area (Å²) in [6.07, 6.45) is 1.61. The molecular weight excluding hydrogens is 250 g/mol. The fourth-order valence-electron chi connectivity index (χ4n) is 1.96. The standard InChI is InChI=1S/C16H19N3O/c1-3-17-15-10-9-14(11-18-15)16(20)19(2)12-13-7-5-4-6-8-13/h4-11H,3,12H2,1-2H3,(H,17,18). The highest BCUT2D eigenvalue weighted by Crippen LogP contribution is 2.10. The van der Waals surface area contributed by atoms with E-state index in [0.29, 0.717) is 12.1 Å². The van der Waals surface area contributed by atoms with Gasteiger partial charge in [-0.15, -0.1) is 0 Å². The van der Waals surface area contributed by atoms with E-state index < -0.39 is 0 Å². The predicted molar refractivity (Wildman–Crippen MR) is 80.6 cm³/mol. The van der Waals surface area contributed by atoms with Gasteiger partial charge < -0.3 is 10.2 Å². The van der Waals surface area contributed by atoms with Crippen LogP contribution in [0.2, 0.25) is 0 Å². The Morgan fingerprint density at radius 1 is 1.20 bits per heavy atom. The highest BCUT2D eigenvalue weighted by Gasteiger charge is 2.12. The monoisotopic (exact) mass is 269 g/mol. The normalized spacial score (nSPS) is 10.1. The van der Waals surface area contributed by atoms with Crippen molar-refractivity contribution in [1.82, 2.24) is 9.88 Å². The van der Waals surface area contributed by atoms with E-state index in [4.69, 9.17) is 0 Å². The second-order valence-electron chi connectivity index (χ2n) is 4.61. The number of hydrogen-bond donors (Lipinski definition) is 1. The maximum atomic E-state index is 12.3. The summed E-state index contributed by atoms with van der Waals surface area (Å²) in [7, 11) is 1.80. The number of anilines is 1. The van der Waals surface area contributed by atoms with E-state index in [0.717, 1.165) is 17.9 Å². The van der Waals surface area contributed by atoms with Gasteiger partial charge in [0.15, 0.2) is 0 Å². The van der Waals surface area contributed by atoms with Crippen molar-refractivity contribution in [2.24, 2.45) is 0 Å². The van der Waals surface area contributed by atoms with E-state index in [1.807, 2.05) is 43.3 Å². The summed E-state index contributed by atoms with van der Waals surface area (Å²) in [6, 6.07) is 13.6. The zero-order chi connectivity index (χ0) is 14.4. The second-order valence-corrected chi connectivity index (χ2v) is 4.61. The van der Waals surface area contributed by atoms with Gasteiger partial charge in [-0.1, -0.05) is 30.3 Å². The van der Waals surface area contributed by atoms with Gasteiger partial charge in [0.1, 0.15) is 5.82 Å². The van der Waals surface area contributed by atoms with Crippen LogP contribution in [0.1, 0.15) is 22.8 Å². The van der Waals surface area contributed by atoms with Crippen LogP contribution in [-0.4, -0.2) is 29.4 Å². The molecule has 4 heteroatoms. The lowest BCUT2D eigenvalue weighted by atomic mass is 10.2. The summed E-state index contributed by atoms with van der Waals surface area (Å²) in [4.78, 5) is 18.2. The van der Waals surface area contributed by atoms with Crippen LogP contribution in [0.3, 0.4) is 0 Å². The molecule has 0 aliphatic heterocycles. The van der Waals surface area contributed by atoms with Crippen molar-refractivity contribution in [2.45, 2.75) is 13.5 Å². The first-order valence-electron chi connectivity index (χ1n) is 6.70. The fourth-order valence-corrected chi connectivity index (χ4v) is 1.96. The molecule has 2 aromatic rings. The maximum absolute atomic E-state index is 12.3. The van der Waals surface area contributed by atoms with Crippen molar-refractivity contribution in [1.29, 1.82) is 0 Å². The van der Waals surface area contributed by atoms with E-state index in [2.05, 4.69) is 10.3 Å². The molecule has 1 N–H and O–H groups in total. The molecule has 0 aliphatic carbocycles. The summed E-state index contributed by atoms with van der Waals surface area (Å²) >= 11 is 0. The number of hydrogen-bond acceptors (Lipinski definition) is 3. The van der Waals surface area contributed by atoms with Crippen molar-refractivity contribution >= 4 is 11.7 Å². The van der Waals surface area contributed by atoms with Crippen molar-refractivity contribution in [3.63, 3.8) is 0 Å². The van der Waals surface area contributed by atoms with Crippen molar-refractivity contribution in [3.8, 4) is 0 Å². The van der Waals surface area contributed by atoms with Gasteiger partial charge in [0.25, 0.3) is 5.91 Å². The molecule has 1 aromatic carbocycles. The van der Waals surface area contributed by atoms with Gasteiger partial charge >= 0.3 is 0 Å². The number of carbonyl (C=O) groups is 1. The van der Waals surface area contributed by atoms with Crippen LogP contribution in [0.25, 0.3) is 0 Å².